The maximum absolute atomic E-state index is 12.8. The van der Waals surface area contributed by atoms with E-state index in [2.05, 4.69) is 19.7 Å². The highest BCUT2D eigenvalue weighted by Crippen LogP contribution is 2.39. The first kappa shape index (κ1) is 16.5. The molecule has 3 aliphatic rings. The van der Waals surface area contributed by atoms with Crippen LogP contribution < -0.4 is 0 Å². The number of hydrogen-bond acceptors (Lipinski definition) is 5. The van der Waals surface area contributed by atoms with Crippen molar-refractivity contribution in [1.82, 2.24) is 29.5 Å². The maximum atomic E-state index is 12.8. The Morgan fingerprint density at radius 2 is 1.68 bits per heavy atom. The number of fused-ring (bicyclic) bond motifs is 1. The molecular formula is C17H26N6O2. The molecule has 4 rings (SSSR count). The molecule has 2 amide bonds. The number of aromatic nitrogens is 3. The molecule has 2 aliphatic heterocycles. The van der Waals surface area contributed by atoms with E-state index in [1.807, 2.05) is 11.8 Å². The summed E-state index contributed by atoms with van der Waals surface area (Å²) in [5.74, 6) is 2.95. The monoisotopic (exact) mass is 346 g/mol. The number of rotatable bonds is 3. The predicted octanol–water partition coefficient (Wildman–Crippen LogP) is 0.0503. The van der Waals surface area contributed by atoms with E-state index in [1.165, 1.54) is 12.8 Å². The number of carbonyl (C=O) groups is 2. The predicted molar refractivity (Wildman–Crippen MR) is 90.7 cm³/mol. The molecule has 1 aliphatic carbocycles. The fourth-order valence-electron chi connectivity index (χ4n) is 3.84. The Hall–Kier alpha value is -1.96. The smallest absolute Gasteiger partial charge is 0.239 e. The minimum atomic E-state index is -0.168. The zero-order valence-electron chi connectivity index (χ0n) is 15.0. The molecule has 1 aromatic heterocycles. The van der Waals surface area contributed by atoms with Crippen LogP contribution in [0, 0.1) is 0 Å². The van der Waals surface area contributed by atoms with Crippen LogP contribution in [0.1, 0.15) is 44.3 Å². The van der Waals surface area contributed by atoms with E-state index in [0.29, 0.717) is 38.6 Å². The Bertz CT molecular complexity index is 675. The van der Waals surface area contributed by atoms with Gasteiger partial charge in [-0.15, -0.1) is 10.2 Å². The summed E-state index contributed by atoms with van der Waals surface area (Å²) in [4.78, 5) is 30.2. The van der Waals surface area contributed by atoms with Gasteiger partial charge in [-0.3, -0.25) is 14.5 Å². The van der Waals surface area contributed by atoms with Crippen LogP contribution in [-0.4, -0.2) is 80.0 Å². The second kappa shape index (κ2) is 6.40. The van der Waals surface area contributed by atoms with Crippen molar-refractivity contribution in [2.75, 3.05) is 32.7 Å². The van der Waals surface area contributed by atoms with E-state index in [-0.39, 0.29) is 17.9 Å². The molecule has 0 bridgehead atoms. The maximum Gasteiger partial charge on any atom is 0.239 e. The van der Waals surface area contributed by atoms with Crippen molar-refractivity contribution in [3.05, 3.63) is 11.6 Å². The fraction of sp³-hybridized carbons (Fsp3) is 0.765. The van der Waals surface area contributed by atoms with Crippen molar-refractivity contribution in [3.63, 3.8) is 0 Å². The van der Waals surface area contributed by atoms with Gasteiger partial charge in [0.2, 0.25) is 11.8 Å². The van der Waals surface area contributed by atoms with E-state index in [0.717, 1.165) is 24.7 Å². The van der Waals surface area contributed by atoms with Gasteiger partial charge in [0.15, 0.2) is 0 Å². The minimum absolute atomic E-state index is 0.0852. The van der Waals surface area contributed by atoms with Gasteiger partial charge in [-0.25, -0.2) is 0 Å². The first-order valence-corrected chi connectivity index (χ1v) is 9.25. The summed E-state index contributed by atoms with van der Waals surface area (Å²) in [6, 6.07) is -0.168. The summed E-state index contributed by atoms with van der Waals surface area (Å²) in [5, 5.41) is 8.72. The van der Waals surface area contributed by atoms with E-state index in [4.69, 9.17) is 0 Å². The second-order valence-electron chi connectivity index (χ2n) is 7.38. The Morgan fingerprint density at radius 3 is 2.32 bits per heavy atom. The average Bonchev–Trinajstić information content (AvgIpc) is 3.39. The molecule has 0 radical (unpaired) electrons. The first-order valence-electron chi connectivity index (χ1n) is 9.25. The summed E-state index contributed by atoms with van der Waals surface area (Å²) in [7, 11) is 0. The van der Waals surface area contributed by atoms with Crippen LogP contribution in [0.3, 0.4) is 0 Å². The largest absolute Gasteiger partial charge is 0.339 e. The quantitative estimate of drug-likeness (QED) is 0.773. The van der Waals surface area contributed by atoms with Crippen molar-refractivity contribution in [2.45, 2.75) is 51.7 Å². The van der Waals surface area contributed by atoms with Crippen LogP contribution in [0.25, 0.3) is 0 Å². The molecule has 0 N–H and O–H groups in total. The van der Waals surface area contributed by atoms with Crippen molar-refractivity contribution in [3.8, 4) is 0 Å². The highest BCUT2D eigenvalue weighted by Gasteiger charge is 2.35. The molecule has 1 saturated carbocycles. The van der Waals surface area contributed by atoms with Crippen LogP contribution >= 0.6 is 0 Å². The summed E-state index contributed by atoms with van der Waals surface area (Å²) in [6.45, 7) is 8.47. The molecule has 8 nitrogen and oxygen atoms in total. The molecular weight excluding hydrogens is 320 g/mol. The fourth-order valence-corrected chi connectivity index (χ4v) is 3.84. The molecule has 136 valence electrons. The van der Waals surface area contributed by atoms with Crippen LogP contribution in [0.15, 0.2) is 0 Å². The molecule has 8 heteroatoms. The normalized spacial score (nSPS) is 22.6. The zero-order valence-corrected chi connectivity index (χ0v) is 15.0. The third kappa shape index (κ3) is 3.15. The number of nitrogens with zero attached hydrogens (tertiary/aromatic N) is 6. The van der Waals surface area contributed by atoms with Gasteiger partial charge in [-0.05, 0) is 19.8 Å². The lowest BCUT2D eigenvalue weighted by molar-refractivity contribution is -0.142. The summed E-state index contributed by atoms with van der Waals surface area (Å²) in [5.41, 5.74) is 0. The van der Waals surface area contributed by atoms with Gasteiger partial charge >= 0.3 is 0 Å². The third-order valence-electron chi connectivity index (χ3n) is 5.70. The number of amides is 2. The van der Waals surface area contributed by atoms with Gasteiger partial charge in [0, 0.05) is 52.1 Å². The van der Waals surface area contributed by atoms with Crippen molar-refractivity contribution >= 4 is 11.8 Å². The van der Waals surface area contributed by atoms with E-state index in [9.17, 15) is 9.59 Å². The Kier molecular flexibility index (Phi) is 4.23. The molecule has 1 saturated heterocycles. The van der Waals surface area contributed by atoms with Gasteiger partial charge in [0.1, 0.15) is 11.6 Å². The topological polar surface area (TPSA) is 74.6 Å². The standard InChI is InChI=1S/C17H26N6O2/c1-12(17(25)21-7-5-20(6-8-21)13(2)24)22-9-10-23-15(11-22)18-19-16(23)14-3-4-14/h12,14H,3-11H2,1-2H3/t12-/m0/s1. The van der Waals surface area contributed by atoms with Crippen molar-refractivity contribution in [2.24, 2.45) is 0 Å². The third-order valence-corrected chi connectivity index (χ3v) is 5.70. The zero-order chi connectivity index (χ0) is 17.6. The lowest BCUT2D eigenvalue weighted by Crippen LogP contribution is -2.55. The molecule has 0 aromatic carbocycles. The van der Waals surface area contributed by atoms with Gasteiger partial charge in [-0.2, -0.15) is 0 Å². The van der Waals surface area contributed by atoms with E-state index < -0.39 is 0 Å². The van der Waals surface area contributed by atoms with Crippen LogP contribution in [0.2, 0.25) is 0 Å². The van der Waals surface area contributed by atoms with E-state index in [1.54, 1.807) is 11.8 Å². The second-order valence-corrected chi connectivity index (χ2v) is 7.38. The first-order chi connectivity index (χ1) is 12.0. The summed E-state index contributed by atoms with van der Waals surface area (Å²) < 4.78 is 2.25. The average molecular weight is 346 g/mol. The Balaban J connectivity index is 1.37. The summed E-state index contributed by atoms with van der Waals surface area (Å²) >= 11 is 0. The van der Waals surface area contributed by atoms with Gasteiger partial charge in [0.25, 0.3) is 0 Å². The highest BCUT2D eigenvalue weighted by atomic mass is 16.2. The molecule has 2 fully saturated rings. The van der Waals surface area contributed by atoms with Gasteiger partial charge in [0.05, 0.1) is 12.6 Å². The van der Waals surface area contributed by atoms with E-state index >= 15 is 0 Å². The number of piperazine rings is 1. The van der Waals surface area contributed by atoms with Gasteiger partial charge < -0.3 is 14.4 Å². The number of carbonyl (C=O) groups excluding carboxylic acids is 2. The van der Waals surface area contributed by atoms with Crippen LogP contribution in [0.4, 0.5) is 0 Å². The Labute approximate surface area is 147 Å². The lowest BCUT2D eigenvalue weighted by Gasteiger charge is -2.38. The Morgan fingerprint density at radius 1 is 1.00 bits per heavy atom. The lowest BCUT2D eigenvalue weighted by atomic mass is 10.2. The SMILES string of the molecule is CC(=O)N1CCN(C(=O)[C@H](C)N2CCn3c(nnc3C3CC3)C2)CC1. The summed E-state index contributed by atoms with van der Waals surface area (Å²) in [6.07, 6.45) is 2.45. The molecule has 3 heterocycles. The van der Waals surface area contributed by atoms with Crippen molar-refractivity contribution < 1.29 is 9.59 Å². The van der Waals surface area contributed by atoms with Crippen LogP contribution in [0.5, 0.6) is 0 Å². The molecule has 1 atom stereocenters. The highest BCUT2D eigenvalue weighted by molar-refractivity contribution is 5.82. The molecule has 0 spiro atoms. The molecule has 25 heavy (non-hydrogen) atoms. The minimum Gasteiger partial charge on any atom is -0.339 e. The number of hydrogen-bond donors (Lipinski definition) is 0. The van der Waals surface area contributed by atoms with Crippen LogP contribution in [-0.2, 0) is 22.7 Å². The van der Waals surface area contributed by atoms with Gasteiger partial charge in [-0.1, -0.05) is 0 Å². The van der Waals surface area contributed by atoms with Crippen molar-refractivity contribution in [1.29, 1.82) is 0 Å². The molecule has 0 unspecified atom stereocenters. The molecule has 1 aromatic rings.